The van der Waals surface area contributed by atoms with Crippen LogP contribution >= 0.6 is 0 Å². The molecular formula is C16H22N2O3. The predicted octanol–water partition coefficient (Wildman–Crippen LogP) is 2.05. The van der Waals surface area contributed by atoms with Crippen LogP contribution in [-0.4, -0.2) is 31.1 Å². The zero-order valence-corrected chi connectivity index (χ0v) is 12.7. The number of nitrogens with one attached hydrogen (secondary N) is 2. The van der Waals surface area contributed by atoms with Crippen LogP contribution in [0.5, 0.6) is 0 Å². The number of carbonyl (C=O) groups excluding carboxylic acids is 2. The third kappa shape index (κ3) is 4.04. The molecule has 0 saturated carbocycles. The predicted molar refractivity (Wildman–Crippen MR) is 81.1 cm³/mol. The Bertz CT molecular complexity index is 511. The van der Waals surface area contributed by atoms with Crippen LogP contribution in [0.4, 0.5) is 5.69 Å². The van der Waals surface area contributed by atoms with Gasteiger partial charge in [-0.3, -0.25) is 4.79 Å². The highest BCUT2D eigenvalue weighted by Crippen LogP contribution is 2.19. The van der Waals surface area contributed by atoms with Gasteiger partial charge in [0, 0.05) is 12.2 Å². The molecule has 2 rings (SSSR count). The molecule has 2 N–H and O–H groups in total. The second-order valence-corrected chi connectivity index (χ2v) is 5.76. The molecule has 5 heteroatoms. The number of hydrogen-bond acceptors (Lipinski definition) is 4. The molecule has 1 fully saturated rings. The van der Waals surface area contributed by atoms with Gasteiger partial charge < -0.3 is 15.4 Å². The summed E-state index contributed by atoms with van der Waals surface area (Å²) >= 11 is 0. The van der Waals surface area contributed by atoms with Crippen molar-refractivity contribution in [2.75, 3.05) is 18.4 Å². The first-order chi connectivity index (χ1) is 9.97. The maximum atomic E-state index is 12.1. The number of amides is 1. The Morgan fingerprint density at radius 1 is 1.24 bits per heavy atom. The molecule has 0 aliphatic carbocycles. The molecule has 1 aliphatic heterocycles. The fourth-order valence-electron chi connectivity index (χ4n) is 2.37. The number of anilines is 1. The summed E-state index contributed by atoms with van der Waals surface area (Å²) in [5.74, 6) is 0.00220. The molecule has 0 radical (unpaired) electrons. The number of esters is 1. The van der Waals surface area contributed by atoms with E-state index in [1.165, 1.54) is 0 Å². The molecule has 0 unspecified atom stereocenters. The van der Waals surface area contributed by atoms with E-state index in [-0.39, 0.29) is 23.9 Å². The van der Waals surface area contributed by atoms with E-state index in [1.807, 2.05) is 13.8 Å². The molecule has 1 amide bonds. The molecule has 1 saturated heterocycles. The minimum Gasteiger partial charge on any atom is -0.459 e. The van der Waals surface area contributed by atoms with Crippen molar-refractivity contribution in [3.63, 3.8) is 0 Å². The molecule has 0 bridgehead atoms. The number of hydrogen-bond donors (Lipinski definition) is 2. The summed E-state index contributed by atoms with van der Waals surface area (Å²) < 4.78 is 5.12. The van der Waals surface area contributed by atoms with E-state index in [0.717, 1.165) is 6.54 Å². The van der Waals surface area contributed by atoms with Gasteiger partial charge >= 0.3 is 5.97 Å². The van der Waals surface area contributed by atoms with Gasteiger partial charge in [0.2, 0.25) is 5.91 Å². The second kappa shape index (κ2) is 6.72. The summed E-state index contributed by atoms with van der Waals surface area (Å²) in [6.07, 6.45) is -0.145. The van der Waals surface area contributed by atoms with Crippen molar-refractivity contribution in [2.45, 2.75) is 26.9 Å². The van der Waals surface area contributed by atoms with Gasteiger partial charge in [-0.15, -0.1) is 0 Å². The van der Waals surface area contributed by atoms with Gasteiger partial charge in [-0.2, -0.15) is 0 Å². The first-order valence-electron chi connectivity index (χ1n) is 7.30. The van der Waals surface area contributed by atoms with Crippen LogP contribution in [0.1, 0.15) is 31.1 Å². The summed E-state index contributed by atoms with van der Waals surface area (Å²) in [5.41, 5.74) is 1.18. The molecule has 21 heavy (non-hydrogen) atoms. The van der Waals surface area contributed by atoms with Gasteiger partial charge in [0.15, 0.2) is 0 Å². The van der Waals surface area contributed by atoms with Crippen molar-refractivity contribution in [3.05, 3.63) is 29.8 Å². The van der Waals surface area contributed by atoms with E-state index in [0.29, 0.717) is 23.7 Å². The van der Waals surface area contributed by atoms with Gasteiger partial charge in [-0.05, 0) is 50.6 Å². The van der Waals surface area contributed by atoms with Crippen molar-refractivity contribution in [2.24, 2.45) is 11.8 Å². The van der Waals surface area contributed by atoms with Crippen LogP contribution in [0.25, 0.3) is 0 Å². The summed E-state index contributed by atoms with van der Waals surface area (Å²) in [6.45, 7) is 7.27. The third-order valence-corrected chi connectivity index (χ3v) is 3.59. The highest BCUT2D eigenvalue weighted by Gasteiger charge is 2.29. The Morgan fingerprint density at radius 3 is 2.43 bits per heavy atom. The largest absolute Gasteiger partial charge is 0.459 e. The lowest BCUT2D eigenvalue weighted by Gasteiger charge is -2.14. The second-order valence-electron chi connectivity index (χ2n) is 5.76. The lowest BCUT2D eigenvalue weighted by Crippen LogP contribution is -2.27. The van der Waals surface area contributed by atoms with Gasteiger partial charge in [0.1, 0.15) is 0 Å². The minimum absolute atomic E-state index is 0.00409. The molecule has 0 aromatic heterocycles. The molecule has 1 heterocycles. The van der Waals surface area contributed by atoms with Crippen LogP contribution in [-0.2, 0) is 9.53 Å². The van der Waals surface area contributed by atoms with Crippen molar-refractivity contribution in [1.29, 1.82) is 0 Å². The standard InChI is InChI=1S/C16H22N2O3/c1-10(2)21-16(20)12-4-6-13(7-5-12)18-15(19)14-9-17-8-11(14)3/h4-7,10-11,14,17H,8-9H2,1-3H3,(H,18,19)/t11-,14-/m1/s1. The summed E-state index contributed by atoms with van der Waals surface area (Å²) in [6, 6.07) is 6.77. The summed E-state index contributed by atoms with van der Waals surface area (Å²) in [7, 11) is 0. The van der Waals surface area contributed by atoms with Crippen LogP contribution in [0, 0.1) is 11.8 Å². The maximum Gasteiger partial charge on any atom is 0.338 e. The average molecular weight is 290 g/mol. The normalized spacial score (nSPS) is 21.3. The van der Waals surface area contributed by atoms with Crippen LogP contribution in [0.3, 0.4) is 0 Å². The van der Waals surface area contributed by atoms with E-state index >= 15 is 0 Å². The van der Waals surface area contributed by atoms with Gasteiger partial charge in [0.25, 0.3) is 0 Å². The Morgan fingerprint density at radius 2 is 1.90 bits per heavy atom. The van der Waals surface area contributed by atoms with Gasteiger partial charge in [-0.25, -0.2) is 4.79 Å². The number of ether oxygens (including phenoxy) is 1. The topological polar surface area (TPSA) is 67.4 Å². The lowest BCUT2D eigenvalue weighted by atomic mass is 9.97. The lowest BCUT2D eigenvalue weighted by molar-refractivity contribution is -0.120. The molecule has 1 aromatic carbocycles. The molecule has 2 atom stereocenters. The zero-order chi connectivity index (χ0) is 15.4. The maximum absolute atomic E-state index is 12.1. The SMILES string of the molecule is CC(C)OC(=O)c1ccc(NC(=O)[C@@H]2CNC[C@H]2C)cc1. The first-order valence-corrected chi connectivity index (χ1v) is 7.30. The third-order valence-electron chi connectivity index (χ3n) is 3.59. The number of carbonyl (C=O) groups is 2. The van der Waals surface area contributed by atoms with Crippen molar-refractivity contribution in [1.82, 2.24) is 5.32 Å². The summed E-state index contributed by atoms with van der Waals surface area (Å²) in [4.78, 5) is 23.9. The van der Waals surface area contributed by atoms with E-state index in [9.17, 15) is 9.59 Å². The van der Waals surface area contributed by atoms with Crippen molar-refractivity contribution >= 4 is 17.6 Å². The molecule has 1 aliphatic rings. The fourth-order valence-corrected chi connectivity index (χ4v) is 2.37. The number of rotatable bonds is 4. The Balaban J connectivity index is 1.96. The minimum atomic E-state index is -0.350. The average Bonchev–Trinajstić information content (AvgIpc) is 2.85. The Kier molecular flexibility index (Phi) is 4.96. The smallest absolute Gasteiger partial charge is 0.338 e. The highest BCUT2D eigenvalue weighted by molar-refractivity contribution is 5.94. The quantitative estimate of drug-likeness (QED) is 0.833. The summed E-state index contributed by atoms with van der Waals surface area (Å²) in [5, 5.41) is 6.10. The van der Waals surface area contributed by atoms with E-state index in [4.69, 9.17) is 4.74 Å². The van der Waals surface area contributed by atoms with Crippen molar-refractivity contribution in [3.8, 4) is 0 Å². The molecule has 114 valence electrons. The van der Waals surface area contributed by atoms with Crippen molar-refractivity contribution < 1.29 is 14.3 Å². The van der Waals surface area contributed by atoms with Gasteiger partial charge in [-0.1, -0.05) is 6.92 Å². The molecule has 5 nitrogen and oxygen atoms in total. The van der Waals surface area contributed by atoms with Crippen LogP contribution in [0.2, 0.25) is 0 Å². The Labute approximate surface area is 125 Å². The molecule has 0 spiro atoms. The zero-order valence-electron chi connectivity index (χ0n) is 12.7. The molecular weight excluding hydrogens is 268 g/mol. The van der Waals surface area contributed by atoms with E-state index in [2.05, 4.69) is 17.6 Å². The van der Waals surface area contributed by atoms with E-state index < -0.39 is 0 Å². The monoisotopic (exact) mass is 290 g/mol. The van der Waals surface area contributed by atoms with Gasteiger partial charge in [0.05, 0.1) is 17.6 Å². The number of benzene rings is 1. The highest BCUT2D eigenvalue weighted by atomic mass is 16.5. The first kappa shape index (κ1) is 15.5. The van der Waals surface area contributed by atoms with Crippen LogP contribution in [0.15, 0.2) is 24.3 Å². The van der Waals surface area contributed by atoms with Crippen LogP contribution < -0.4 is 10.6 Å². The van der Waals surface area contributed by atoms with E-state index in [1.54, 1.807) is 24.3 Å². The fraction of sp³-hybridized carbons (Fsp3) is 0.500. The molecule has 1 aromatic rings. The Hall–Kier alpha value is -1.88.